The highest BCUT2D eigenvalue weighted by molar-refractivity contribution is 5.87. The largest absolute Gasteiger partial charge is 0.492 e. The minimum atomic E-state index is -0.218. The quantitative estimate of drug-likeness (QED) is 0.601. The van der Waals surface area contributed by atoms with Gasteiger partial charge in [-0.15, -0.1) is 10.2 Å². The third-order valence-electron chi connectivity index (χ3n) is 0.955. The Kier molecular flexibility index (Phi) is 2.00. The van der Waals surface area contributed by atoms with E-state index in [9.17, 15) is 4.79 Å². The van der Waals surface area contributed by atoms with Crippen molar-refractivity contribution in [3.8, 4) is 5.88 Å². The third kappa shape index (κ3) is 2.21. The second-order valence-electron chi connectivity index (χ2n) is 1.96. The van der Waals surface area contributed by atoms with Crippen LogP contribution in [0.25, 0.3) is 0 Å². The molecule has 1 rings (SSSR count). The fraction of sp³-hybridized carbons (Fsp3) is 0.167. The number of amides is 1. The Morgan fingerprint density at radius 1 is 1.55 bits per heavy atom. The smallest absolute Gasteiger partial charge is 0.231 e. The topological polar surface area (TPSA) is 75.1 Å². The summed E-state index contributed by atoms with van der Waals surface area (Å²) in [5.41, 5.74) is 0. The fourth-order valence-corrected chi connectivity index (χ4v) is 0.572. The molecular formula is C6H7N3O2. The van der Waals surface area contributed by atoms with Crippen LogP contribution in [0, 0.1) is 0 Å². The standard InChI is InChI=1S/C6H7N3O2/c1-4(10)7-5-2-3-6(11)9-8-5/h2-3H,1H3,(H,9,11)(H,7,8,10). The minimum absolute atomic E-state index is 0.167. The van der Waals surface area contributed by atoms with E-state index in [1.54, 1.807) is 0 Å². The lowest BCUT2D eigenvalue weighted by atomic mass is 10.5. The summed E-state index contributed by atoms with van der Waals surface area (Å²) in [7, 11) is 0. The third-order valence-corrected chi connectivity index (χ3v) is 0.955. The average Bonchev–Trinajstić information content (AvgIpc) is 1.93. The maximum atomic E-state index is 10.5. The van der Waals surface area contributed by atoms with Gasteiger partial charge < -0.3 is 10.4 Å². The number of nitrogens with zero attached hydrogens (tertiary/aromatic N) is 2. The lowest BCUT2D eigenvalue weighted by molar-refractivity contribution is -0.114. The first-order chi connectivity index (χ1) is 5.18. The van der Waals surface area contributed by atoms with Crippen molar-refractivity contribution in [2.75, 3.05) is 5.32 Å². The van der Waals surface area contributed by atoms with Crippen molar-refractivity contribution in [3.63, 3.8) is 0 Å². The average molecular weight is 153 g/mol. The van der Waals surface area contributed by atoms with Gasteiger partial charge in [-0.3, -0.25) is 4.79 Å². The molecule has 0 aromatic carbocycles. The van der Waals surface area contributed by atoms with Crippen LogP contribution in [0.3, 0.4) is 0 Å². The summed E-state index contributed by atoms with van der Waals surface area (Å²) in [6.07, 6.45) is 0. The predicted octanol–water partition coefficient (Wildman–Crippen LogP) is 0.141. The number of rotatable bonds is 1. The van der Waals surface area contributed by atoms with Crippen LogP contribution in [0.1, 0.15) is 6.92 Å². The SMILES string of the molecule is CC(=O)Nc1ccc(O)nn1. The van der Waals surface area contributed by atoms with Gasteiger partial charge in [-0.05, 0) is 6.07 Å². The molecule has 5 nitrogen and oxygen atoms in total. The zero-order valence-corrected chi connectivity index (χ0v) is 5.90. The zero-order valence-electron chi connectivity index (χ0n) is 5.90. The van der Waals surface area contributed by atoms with E-state index in [0.717, 1.165) is 0 Å². The van der Waals surface area contributed by atoms with Gasteiger partial charge in [0, 0.05) is 13.0 Å². The Balaban J connectivity index is 2.74. The molecule has 11 heavy (non-hydrogen) atoms. The molecule has 1 amide bonds. The fourth-order valence-electron chi connectivity index (χ4n) is 0.572. The Bertz CT molecular complexity index is 257. The molecule has 1 aromatic rings. The Morgan fingerprint density at radius 3 is 2.73 bits per heavy atom. The summed E-state index contributed by atoms with van der Waals surface area (Å²) in [5.74, 6) is -0.0561. The van der Waals surface area contributed by atoms with Gasteiger partial charge in [-0.2, -0.15) is 0 Å². The summed E-state index contributed by atoms with van der Waals surface area (Å²) in [5, 5.41) is 17.9. The van der Waals surface area contributed by atoms with Gasteiger partial charge in [0.1, 0.15) is 0 Å². The summed E-state index contributed by atoms with van der Waals surface area (Å²) in [4.78, 5) is 10.5. The summed E-state index contributed by atoms with van der Waals surface area (Å²) >= 11 is 0. The van der Waals surface area contributed by atoms with Crippen molar-refractivity contribution < 1.29 is 9.90 Å². The van der Waals surface area contributed by atoms with Crippen molar-refractivity contribution in [1.29, 1.82) is 0 Å². The zero-order chi connectivity index (χ0) is 8.27. The van der Waals surface area contributed by atoms with Crippen LogP contribution < -0.4 is 5.32 Å². The molecular weight excluding hydrogens is 146 g/mol. The number of hydrogen-bond donors (Lipinski definition) is 2. The molecule has 5 heteroatoms. The molecule has 0 saturated carbocycles. The van der Waals surface area contributed by atoms with Crippen LogP contribution >= 0.6 is 0 Å². The number of carbonyl (C=O) groups is 1. The number of aromatic hydroxyl groups is 1. The van der Waals surface area contributed by atoms with Gasteiger partial charge in [-0.1, -0.05) is 0 Å². The normalized spacial score (nSPS) is 9.18. The molecule has 0 atom stereocenters. The molecule has 0 radical (unpaired) electrons. The van der Waals surface area contributed by atoms with Gasteiger partial charge in [0.15, 0.2) is 5.82 Å². The van der Waals surface area contributed by atoms with E-state index in [1.807, 2.05) is 0 Å². The Morgan fingerprint density at radius 2 is 2.27 bits per heavy atom. The molecule has 0 spiro atoms. The van der Waals surface area contributed by atoms with Crippen molar-refractivity contribution in [1.82, 2.24) is 10.2 Å². The van der Waals surface area contributed by atoms with E-state index in [2.05, 4.69) is 15.5 Å². The first-order valence-electron chi connectivity index (χ1n) is 2.99. The number of hydrogen-bond acceptors (Lipinski definition) is 4. The van der Waals surface area contributed by atoms with Gasteiger partial charge in [0.2, 0.25) is 11.8 Å². The summed E-state index contributed by atoms with van der Waals surface area (Å²) < 4.78 is 0. The summed E-state index contributed by atoms with van der Waals surface area (Å²) in [6, 6.07) is 2.81. The van der Waals surface area contributed by atoms with Gasteiger partial charge in [0.25, 0.3) is 0 Å². The van der Waals surface area contributed by atoms with E-state index in [1.165, 1.54) is 19.1 Å². The second-order valence-corrected chi connectivity index (χ2v) is 1.96. The van der Waals surface area contributed by atoms with E-state index < -0.39 is 0 Å². The Hall–Kier alpha value is -1.65. The van der Waals surface area contributed by atoms with Crippen LogP contribution in [0.4, 0.5) is 5.82 Å². The van der Waals surface area contributed by atoms with Crippen LogP contribution in [0.5, 0.6) is 5.88 Å². The maximum Gasteiger partial charge on any atom is 0.231 e. The van der Waals surface area contributed by atoms with Crippen molar-refractivity contribution in [2.24, 2.45) is 0 Å². The highest BCUT2D eigenvalue weighted by Gasteiger charge is 1.96. The first kappa shape index (κ1) is 7.46. The Labute approximate surface area is 63.1 Å². The molecule has 0 unspecified atom stereocenters. The number of aromatic nitrogens is 2. The van der Waals surface area contributed by atoms with Crippen molar-refractivity contribution >= 4 is 11.7 Å². The highest BCUT2D eigenvalue weighted by Crippen LogP contribution is 2.04. The molecule has 58 valence electrons. The van der Waals surface area contributed by atoms with E-state index in [-0.39, 0.29) is 11.8 Å². The number of anilines is 1. The van der Waals surface area contributed by atoms with Crippen molar-refractivity contribution in [2.45, 2.75) is 6.92 Å². The highest BCUT2D eigenvalue weighted by atomic mass is 16.3. The molecule has 0 aliphatic rings. The monoisotopic (exact) mass is 153 g/mol. The molecule has 0 aliphatic heterocycles. The maximum absolute atomic E-state index is 10.5. The number of carbonyl (C=O) groups excluding carboxylic acids is 1. The predicted molar refractivity (Wildman–Crippen MR) is 38.0 cm³/mol. The van der Waals surface area contributed by atoms with Crippen LogP contribution in [0.15, 0.2) is 12.1 Å². The summed E-state index contributed by atoms with van der Waals surface area (Å²) in [6.45, 7) is 1.37. The van der Waals surface area contributed by atoms with Crippen LogP contribution in [-0.2, 0) is 4.79 Å². The van der Waals surface area contributed by atoms with Gasteiger partial charge in [-0.25, -0.2) is 0 Å². The van der Waals surface area contributed by atoms with Crippen LogP contribution in [0.2, 0.25) is 0 Å². The first-order valence-corrected chi connectivity index (χ1v) is 2.99. The molecule has 0 fully saturated rings. The molecule has 1 aromatic heterocycles. The van der Waals surface area contributed by atoms with Gasteiger partial charge in [0.05, 0.1) is 0 Å². The molecule has 1 heterocycles. The lowest BCUT2D eigenvalue weighted by Crippen LogP contribution is -2.07. The molecule has 2 N–H and O–H groups in total. The van der Waals surface area contributed by atoms with Gasteiger partial charge >= 0.3 is 0 Å². The second kappa shape index (κ2) is 2.96. The van der Waals surface area contributed by atoms with E-state index in [4.69, 9.17) is 5.11 Å². The lowest BCUT2D eigenvalue weighted by Gasteiger charge is -1.97. The molecule has 0 bridgehead atoms. The van der Waals surface area contributed by atoms with E-state index >= 15 is 0 Å². The van der Waals surface area contributed by atoms with Crippen LogP contribution in [-0.4, -0.2) is 21.2 Å². The van der Waals surface area contributed by atoms with E-state index in [0.29, 0.717) is 5.82 Å². The minimum Gasteiger partial charge on any atom is -0.492 e. The van der Waals surface area contributed by atoms with Crippen molar-refractivity contribution in [3.05, 3.63) is 12.1 Å². The molecule has 0 saturated heterocycles. The number of nitrogens with one attached hydrogen (secondary N) is 1. The molecule has 0 aliphatic carbocycles.